The van der Waals surface area contributed by atoms with Crippen molar-refractivity contribution in [2.75, 3.05) is 26.4 Å². The lowest BCUT2D eigenvalue weighted by molar-refractivity contribution is -0.0111. The maximum Gasteiger partial charge on any atom is 0.332 e. The first kappa shape index (κ1) is 14.3. The van der Waals surface area contributed by atoms with E-state index in [4.69, 9.17) is 23.4 Å². The molecule has 0 aliphatic carbocycles. The third kappa shape index (κ3) is 5.04. The summed E-state index contributed by atoms with van der Waals surface area (Å²) in [5.74, 6) is 0. The largest absolute Gasteiger partial charge is 0.394 e. The molecule has 0 unspecified atom stereocenters. The van der Waals surface area contributed by atoms with Crippen molar-refractivity contribution >= 4 is 8.60 Å². The average Bonchev–Trinajstić information content (AvgIpc) is 2.74. The molecule has 1 heterocycles. The Kier molecular flexibility index (Phi) is 7.45. The second kappa shape index (κ2) is 8.34. The molecule has 2 atom stereocenters. The van der Waals surface area contributed by atoms with Crippen molar-refractivity contribution < 1.29 is 23.4 Å². The Hall–Kier alpha value is 0.230. The number of hydrogen-bond donors (Lipinski definition) is 1. The van der Waals surface area contributed by atoms with Crippen molar-refractivity contribution in [1.29, 1.82) is 0 Å². The minimum absolute atomic E-state index is 0.0287. The van der Waals surface area contributed by atoms with Crippen LogP contribution in [0.2, 0.25) is 0 Å². The van der Waals surface area contributed by atoms with Gasteiger partial charge in [-0.3, -0.25) is 0 Å². The summed E-state index contributed by atoms with van der Waals surface area (Å²) in [5.41, 5.74) is 0. The van der Waals surface area contributed by atoms with E-state index >= 15 is 0 Å². The lowest BCUT2D eigenvalue weighted by Gasteiger charge is -2.17. The smallest absolute Gasteiger partial charge is 0.332 e. The van der Waals surface area contributed by atoms with Crippen molar-refractivity contribution in [3.8, 4) is 0 Å². The van der Waals surface area contributed by atoms with Crippen LogP contribution in [0.25, 0.3) is 0 Å². The molecule has 6 heteroatoms. The van der Waals surface area contributed by atoms with Crippen LogP contribution < -0.4 is 0 Å². The van der Waals surface area contributed by atoms with Crippen LogP contribution in [0, 0.1) is 0 Å². The van der Waals surface area contributed by atoms with Crippen molar-refractivity contribution in [3.05, 3.63) is 0 Å². The average molecular weight is 252 g/mol. The minimum Gasteiger partial charge on any atom is -0.394 e. The van der Waals surface area contributed by atoms with Gasteiger partial charge in [0.2, 0.25) is 0 Å². The van der Waals surface area contributed by atoms with Gasteiger partial charge in [0.05, 0.1) is 38.6 Å². The predicted octanol–water partition coefficient (Wildman–Crippen LogP) is 1.84. The van der Waals surface area contributed by atoms with Crippen LogP contribution in [0.1, 0.15) is 26.7 Å². The normalized spacial score (nSPS) is 25.5. The van der Waals surface area contributed by atoms with Crippen LogP contribution >= 0.6 is 8.60 Å². The monoisotopic (exact) mass is 252 g/mol. The van der Waals surface area contributed by atoms with Gasteiger partial charge in [-0.1, -0.05) is 0 Å². The summed E-state index contributed by atoms with van der Waals surface area (Å²) in [4.78, 5) is 0. The van der Waals surface area contributed by atoms with Gasteiger partial charge in [0.25, 0.3) is 0 Å². The van der Waals surface area contributed by atoms with Crippen LogP contribution in [-0.2, 0) is 18.3 Å². The van der Waals surface area contributed by atoms with E-state index in [1.807, 2.05) is 13.8 Å². The minimum atomic E-state index is -1.24. The molecule has 1 N–H and O–H groups in total. The summed E-state index contributed by atoms with van der Waals surface area (Å²) < 4.78 is 21.7. The van der Waals surface area contributed by atoms with Gasteiger partial charge < -0.3 is 23.4 Å². The molecule has 1 rings (SSSR count). The zero-order valence-electron chi connectivity index (χ0n) is 9.92. The molecule has 0 radical (unpaired) electrons. The molecular formula is C10H21O5P. The molecule has 5 nitrogen and oxygen atoms in total. The summed E-state index contributed by atoms with van der Waals surface area (Å²) in [6.45, 7) is 5.54. The van der Waals surface area contributed by atoms with Gasteiger partial charge in [-0.25, -0.2) is 0 Å². The van der Waals surface area contributed by atoms with Gasteiger partial charge in [0, 0.05) is 0 Å². The van der Waals surface area contributed by atoms with E-state index in [1.54, 1.807) is 0 Å². The quantitative estimate of drug-likeness (QED) is 0.668. The van der Waals surface area contributed by atoms with E-state index in [-0.39, 0.29) is 18.8 Å². The Morgan fingerprint density at radius 3 is 2.25 bits per heavy atom. The van der Waals surface area contributed by atoms with Crippen LogP contribution in [-0.4, -0.2) is 43.7 Å². The highest BCUT2D eigenvalue weighted by atomic mass is 31.2. The lowest BCUT2D eigenvalue weighted by atomic mass is 10.2. The molecule has 1 fully saturated rings. The van der Waals surface area contributed by atoms with Gasteiger partial charge >= 0.3 is 8.60 Å². The fraction of sp³-hybridized carbons (Fsp3) is 1.00. The molecule has 0 aromatic carbocycles. The molecule has 0 amide bonds. The maximum absolute atomic E-state index is 8.92. The van der Waals surface area contributed by atoms with Gasteiger partial charge in [0.1, 0.15) is 0 Å². The summed E-state index contributed by atoms with van der Waals surface area (Å²) >= 11 is 0. The Bertz CT molecular complexity index is 175. The Morgan fingerprint density at radius 1 is 1.12 bits per heavy atom. The predicted molar refractivity (Wildman–Crippen MR) is 61.1 cm³/mol. The van der Waals surface area contributed by atoms with Gasteiger partial charge in [-0.2, -0.15) is 0 Å². The molecule has 1 aliphatic heterocycles. The molecule has 96 valence electrons. The SMILES string of the molecule is CCOP(OCC)OC[C@@H]1CC[C@@H](CO)O1. The Balaban J connectivity index is 2.16. The van der Waals surface area contributed by atoms with Crippen LogP contribution in [0.15, 0.2) is 0 Å². The molecule has 0 spiro atoms. The highest BCUT2D eigenvalue weighted by Gasteiger charge is 2.26. The number of ether oxygens (including phenoxy) is 1. The molecule has 0 saturated carbocycles. The summed E-state index contributed by atoms with van der Waals surface area (Å²) in [6, 6.07) is 0. The molecule has 16 heavy (non-hydrogen) atoms. The summed E-state index contributed by atoms with van der Waals surface area (Å²) in [6.07, 6.45) is 1.85. The maximum atomic E-state index is 8.92. The second-order valence-corrected chi connectivity index (χ2v) is 4.72. The zero-order valence-corrected chi connectivity index (χ0v) is 10.8. The molecule has 1 saturated heterocycles. The van der Waals surface area contributed by atoms with Gasteiger partial charge in [0.15, 0.2) is 0 Å². The first-order chi connectivity index (χ1) is 7.80. The molecule has 0 bridgehead atoms. The topological polar surface area (TPSA) is 57.2 Å². The fourth-order valence-corrected chi connectivity index (χ4v) is 2.44. The molecular weight excluding hydrogens is 231 g/mol. The first-order valence-electron chi connectivity index (χ1n) is 5.75. The highest BCUT2D eigenvalue weighted by molar-refractivity contribution is 7.41. The van der Waals surface area contributed by atoms with E-state index in [1.165, 1.54) is 0 Å². The van der Waals surface area contributed by atoms with Gasteiger partial charge in [-0.05, 0) is 26.7 Å². The number of hydrogen-bond acceptors (Lipinski definition) is 5. The van der Waals surface area contributed by atoms with Gasteiger partial charge in [-0.15, -0.1) is 0 Å². The van der Waals surface area contributed by atoms with E-state index < -0.39 is 8.60 Å². The molecule has 1 aliphatic rings. The number of rotatable bonds is 8. The van der Waals surface area contributed by atoms with Crippen LogP contribution in [0.3, 0.4) is 0 Å². The molecule has 0 aromatic heterocycles. The van der Waals surface area contributed by atoms with Crippen LogP contribution in [0.4, 0.5) is 0 Å². The van der Waals surface area contributed by atoms with E-state index in [2.05, 4.69) is 0 Å². The molecule has 0 aromatic rings. The lowest BCUT2D eigenvalue weighted by Crippen LogP contribution is -2.18. The van der Waals surface area contributed by atoms with Crippen LogP contribution in [0.5, 0.6) is 0 Å². The highest BCUT2D eigenvalue weighted by Crippen LogP contribution is 2.40. The summed E-state index contributed by atoms with van der Waals surface area (Å²) in [5, 5.41) is 8.92. The van der Waals surface area contributed by atoms with Crippen molar-refractivity contribution in [2.45, 2.75) is 38.9 Å². The fourth-order valence-electron chi connectivity index (χ4n) is 1.50. The standard InChI is InChI=1S/C10H21O5P/c1-3-12-16(13-4-2)14-8-10-6-5-9(7-11)15-10/h9-11H,3-8H2,1-2H3/t9-,10-/m0/s1. The Morgan fingerprint density at radius 2 is 1.75 bits per heavy atom. The van der Waals surface area contributed by atoms with Crippen molar-refractivity contribution in [1.82, 2.24) is 0 Å². The zero-order chi connectivity index (χ0) is 11.8. The van der Waals surface area contributed by atoms with E-state index in [0.29, 0.717) is 19.8 Å². The number of aliphatic hydroxyl groups excluding tert-OH is 1. The Labute approximate surface area is 98.0 Å². The number of aliphatic hydroxyl groups is 1. The van der Waals surface area contributed by atoms with Crippen molar-refractivity contribution in [3.63, 3.8) is 0 Å². The third-order valence-corrected chi connectivity index (χ3v) is 3.53. The van der Waals surface area contributed by atoms with E-state index in [9.17, 15) is 0 Å². The van der Waals surface area contributed by atoms with E-state index in [0.717, 1.165) is 12.8 Å². The second-order valence-electron chi connectivity index (χ2n) is 3.49. The van der Waals surface area contributed by atoms with Crippen molar-refractivity contribution in [2.24, 2.45) is 0 Å². The summed E-state index contributed by atoms with van der Waals surface area (Å²) in [7, 11) is -1.24. The first-order valence-corrected chi connectivity index (χ1v) is 6.84. The third-order valence-electron chi connectivity index (χ3n) is 2.23.